The van der Waals surface area contributed by atoms with E-state index in [9.17, 15) is 5.26 Å². The first-order valence-corrected chi connectivity index (χ1v) is 10.7. The third-order valence-corrected chi connectivity index (χ3v) is 9.78. The molecule has 4 fully saturated rings. The molecule has 0 aromatic heterocycles. The van der Waals surface area contributed by atoms with Gasteiger partial charge >= 0.3 is 0 Å². The van der Waals surface area contributed by atoms with Gasteiger partial charge in [-0.15, -0.1) is 0 Å². The van der Waals surface area contributed by atoms with Gasteiger partial charge in [0.2, 0.25) is 0 Å². The van der Waals surface area contributed by atoms with Crippen LogP contribution in [0, 0.1) is 45.3 Å². The molecule has 0 aromatic rings. The predicted octanol–water partition coefficient (Wildman–Crippen LogP) is 5.22. The molecule has 0 bridgehead atoms. The van der Waals surface area contributed by atoms with Crippen molar-refractivity contribution in [3.05, 3.63) is 11.6 Å². The Morgan fingerprint density at radius 2 is 1.73 bits per heavy atom. The van der Waals surface area contributed by atoms with Crippen LogP contribution in [0.2, 0.25) is 0 Å². The number of nitriles is 1. The van der Waals surface area contributed by atoms with Crippen LogP contribution < -0.4 is 0 Å². The maximum Gasteiger partial charge on any atom is 0.172 e. The molecule has 4 aliphatic carbocycles. The van der Waals surface area contributed by atoms with Gasteiger partial charge in [0.1, 0.15) is 0 Å². The molecule has 0 radical (unpaired) electrons. The Morgan fingerprint density at radius 1 is 1.00 bits per heavy atom. The minimum atomic E-state index is -0.311. The zero-order valence-corrected chi connectivity index (χ0v) is 16.6. The number of ether oxygens (including phenoxy) is 2. The van der Waals surface area contributed by atoms with E-state index in [0.29, 0.717) is 5.41 Å². The Morgan fingerprint density at radius 3 is 2.46 bits per heavy atom. The monoisotopic (exact) mass is 355 g/mol. The van der Waals surface area contributed by atoms with Crippen molar-refractivity contribution in [2.24, 2.45) is 34.0 Å². The highest BCUT2D eigenvalue weighted by atomic mass is 16.7. The molecule has 26 heavy (non-hydrogen) atoms. The molecule has 1 saturated heterocycles. The van der Waals surface area contributed by atoms with Gasteiger partial charge in [0.05, 0.1) is 24.7 Å². The summed E-state index contributed by atoms with van der Waals surface area (Å²) in [6, 6.07) is 2.73. The quantitative estimate of drug-likeness (QED) is 0.559. The molecule has 3 heteroatoms. The topological polar surface area (TPSA) is 42.2 Å². The minimum Gasteiger partial charge on any atom is -0.347 e. The molecule has 5 aliphatic rings. The van der Waals surface area contributed by atoms with Gasteiger partial charge in [0, 0.05) is 12.8 Å². The van der Waals surface area contributed by atoms with Gasteiger partial charge in [0.25, 0.3) is 0 Å². The van der Waals surface area contributed by atoms with Crippen LogP contribution in [0.1, 0.15) is 72.1 Å². The molecule has 0 aromatic carbocycles. The number of hydrogen-bond acceptors (Lipinski definition) is 3. The lowest BCUT2D eigenvalue weighted by Crippen LogP contribution is -2.53. The highest BCUT2D eigenvalue weighted by molar-refractivity contribution is 5.28. The second-order valence-corrected chi connectivity index (χ2v) is 10.5. The molecule has 5 rings (SSSR count). The number of hydrogen-bond donors (Lipinski definition) is 0. The van der Waals surface area contributed by atoms with Crippen molar-refractivity contribution in [3.63, 3.8) is 0 Å². The smallest absolute Gasteiger partial charge is 0.172 e. The van der Waals surface area contributed by atoms with E-state index in [1.807, 2.05) is 0 Å². The van der Waals surface area contributed by atoms with Crippen LogP contribution in [-0.4, -0.2) is 19.0 Å². The van der Waals surface area contributed by atoms with Crippen molar-refractivity contribution in [1.29, 1.82) is 5.26 Å². The van der Waals surface area contributed by atoms with Gasteiger partial charge < -0.3 is 9.47 Å². The first-order valence-electron chi connectivity index (χ1n) is 10.7. The Labute approximate surface area is 158 Å². The van der Waals surface area contributed by atoms with Crippen molar-refractivity contribution < 1.29 is 9.47 Å². The van der Waals surface area contributed by atoms with Gasteiger partial charge in [-0.05, 0) is 74.0 Å². The maximum atomic E-state index is 9.89. The van der Waals surface area contributed by atoms with Gasteiger partial charge in [-0.2, -0.15) is 5.26 Å². The second kappa shape index (κ2) is 5.36. The van der Waals surface area contributed by atoms with E-state index >= 15 is 0 Å². The largest absolute Gasteiger partial charge is 0.347 e. The normalized spacial score (nSPS) is 51.9. The lowest BCUT2D eigenvalue weighted by Gasteiger charge is -2.59. The van der Waals surface area contributed by atoms with Crippen LogP contribution in [-0.2, 0) is 9.47 Å². The third kappa shape index (κ3) is 2.01. The summed E-state index contributed by atoms with van der Waals surface area (Å²) in [4.78, 5) is 0. The number of nitrogens with zero attached hydrogens (tertiary/aromatic N) is 1. The minimum absolute atomic E-state index is 0.129. The van der Waals surface area contributed by atoms with Gasteiger partial charge in [-0.25, -0.2) is 0 Å². The van der Waals surface area contributed by atoms with Crippen molar-refractivity contribution in [2.75, 3.05) is 13.2 Å². The van der Waals surface area contributed by atoms with E-state index in [2.05, 4.69) is 32.9 Å². The summed E-state index contributed by atoms with van der Waals surface area (Å²) in [5, 5.41) is 9.89. The van der Waals surface area contributed by atoms with Gasteiger partial charge in [-0.3, -0.25) is 0 Å². The number of fused-ring (bicyclic) bond motifs is 5. The SMILES string of the molecule is C[C@]12CCC3(CC1=CC[C@@H]1[C@@H]2CC[C@@]2(C)[C@H]1CC[C@]2(C)C#N)OCCO3. The summed E-state index contributed by atoms with van der Waals surface area (Å²) in [6.07, 6.45) is 11.8. The van der Waals surface area contributed by atoms with Crippen LogP contribution in [0.15, 0.2) is 11.6 Å². The van der Waals surface area contributed by atoms with Crippen molar-refractivity contribution in [2.45, 2.75) is 77.9 Å². The van der Waals surface area contributed by atoms with Crippen molar-refractivity contribution >= 4 is 0 Å². The molecule has 3 nitrogen and oxygen atoms in total. The highest BCUT2D eigenvalue weighted by Gasteiger charge is 2.63. The maximum absolute atomic E-state index is 9.89. The summed E-state index contributed by atoms with van der Waals surface area (Å²) < 4.78 is 12.1. The van der Waals surface area contributed by atoms with E-state index < -0.39 is 0 Å². The first kappa shape index (κ1) is 17.3. The Hall–Kier alpha value is -0.850. The van der Waals surface area contributed by atoms with Gasteiger partial charge in [-0.1, -0.05) is 25.5 Å². The van der Waals surface area contributed by atoms with E-state index in [1.54, 1.807) is 5.57 Å². The molecule has 1 heterocycles. The van der Waals surface area contributed by atoms with E-state index in [4.69, 9.17) is 9.47 Å². The molecule has 6 atom stereocenters. The summed E-state index contributed by atoms with van der Waals surface area (Å²) in [5.41, 5.74) is 2.00. The second-order valence-electron chi connectivity index (χ2n) is 10.5. The molecular formula is C23H33NO2. The van der Waals surface area contributed by atoms with Crippen LogP contribution in [0.5, 0.6) is 0 Å². The average molecular weight is 356 g/mol. The van der Waals surface area contributed by atoms with Crippen LogP contribution in [0.25, 0.3) is 0 Å². The van der Waals surface area contributed by atoms with Crippen LogP contribution >= 0.6 is 0 Å². The molecule has 0 unspecified atom stereocenters. The van der Waals surface area contributed by atoms with Gasteiger partial charge in [0.15, 0.2) is 5.79 Å². The zero-order valence-electron chi connectivity index (χ0n) is 16.6. The van der Waals surface area contributed by atoms with Crippen molar-refractivity contribution in [1.82, 2.24) is 0 Å². The van der Waals surface area contributed by atoms with Crippen LogP contribution in [0.3, 0.4) is 0 Å². The standard InChI is InChI=1S/C23H33NO2/c1-20(15-24)8-6-19-17-5-4-16-14-23(25-12-13-26-23)11-10-21(16,2)18(17)7-9-22(19,20)3/h4,17-19H,5-14H2,1-3H3/t17-,18+,19+,20-,21+,22+/m1/s1. The van der Waals surface area contributed by atoms with E-state index in [0.717, 1.165) is 50.2 Å². The molecule has 0 N–H and O–H groups in total. The molecular weight excluding hydrogens is 322 g/mol. The lowest BCUT2D eigenvalue weighted by atomic mass is 9.46. The number of rotatable bonds is 0. The Kier molecular flexibility index (Phi) is 3.56. The van der Waals surface area contributed by atoms with Crippen molar-refractivity contribution in [3.8, 4) is 6.07 Å². The summed E-state index contributed by atoms with van der Waals surface area (Å²) in [7, 11) is 0. The zero-order chi connectivity index (χ0) is 18.2. The summed E-state index contributed by atoms with van der Waals surface area (Å²) in [5.74, 6) is 1.95. The first-order chi connectivity index (χ1) is 12.4. The van der Waals surface area contributed by atoms with E-state index in [1.165, 1.54) is 32.1 Å². The molecule has 1 spiro atoms. The Bertz CT molecular complexity index is 687. The molecule has 0 amide bonds. The average Bonchev–Trinajstić information content (AvgIpc) is 3.19. The fourth-order valence-corrected chi connectivity index (χ4v) is 7.80. The summed E-state index contributed by atoms with van der Waals surface area (Å²) in [6.45, 7) is 8.70. The predicted molar refractivity (Wildman–Crippen MR) is 100 cm³/mol. The highest BCUT2D eigenvalue weighted by Crippen LogP contribution is 2.69. The fraction of sp³-hybridized carbons (Fsp3) is 0.870. The van der Waals surface area contributed by atoms with E-state index in [-0.39, 0.29) is 16.6 Å². The molecule has 3 saturated carbocycles. The molecule has 1 aliphatic heterocycles. The third-order valence-electron chi connectivity index (χ3n) is 9.78. The summed E-state index contributed by atoms with van der Waals surface area (Å²) >= 11 is 0. The molecule has 142 valence electrons. The Balaban J connectivity index is 1.47. The fourth-order valence-electron chi connectivity index (χ4n) is 7.80. The lowest BCUT2D eigenvalue weighted by molar-refractivity contribution is -0.185. The van der Waals surface area contributed by atoms with Crippen LogP contribution in [0.4, 0.5) is 0 Å². The number of allylic oxidation sites excluding steroid dienone is 1.